The van der Waals surface area contributed by atoms with Gasteiger partial charge in [0.1, 0.15) is 12.1 Å². The first-order chi connectivity index (χ1) is 15.2. The molecule has 1 N–H and O–H groups in total. The summed E-state index contributed by atoms with van der Waals surface area (Å²) in [7, 11) is 0. The highest BCUT2D eigenvalue weighted by Crippen LogP contribution is 2.27. The van der Waals surface area contributed by atoms with Crippen LogP contribution in [0.3, 0.4) is 0 Å². The second kappa shape index (κ2) is 6.56. The zero-order valence-corrected chi connectivity index (χ0v) is 14.9. The van der Waals surface area contributed by atoms with Gasteiger partial charge in [-0.05, 0) is 42.3 Å². The van der Waals surface area contributed by atoms with Gasteiger partial charge in [0.05, 0.1) is 20.3 Å². The Hall–Kier alpha value is -3.55. The Bertz CT molecular complexity index is 1340. The predicted octanol–water partition coefficient (Wildman–Crippen LogP) is 3.27. The smallest absolute Gasteiger partial charge is 0.177 e. The van der Waals surface area contributed by atoms with Crippen molar-refractivity contribution in [2.45, 2.75) is 19.8 Å². The molecular weight excluding hydrogens is 357 g/mol. The molecular formula is C20H18FN7. The molecule has 0 bridgehead atoms. The lowest BCUT2D eigenvalue weighted by Crippen LogP contribution is -2.32. The summed E-state index contributed by atoms with van der Waals surface area (Å²) < 4.78 is 50.4. The lowest BCUT2D eigenvalue weighted by atomic mass is 10.0. The van der Waals surface area contributed by atoms with Crippen LogP contribution < -0.4 is 10.2 Å². The van der Waals surface area contributed by atoms with Crippen LogP contribution in [0.15, 0.2) is 48.9 Å². The van der Waals surface area contributed by atoms with Crippen LogP contribution in [0.25, 0.3) is 5.65 Å². The maximum atomic E-state index is 14.1. The summed E-state index contributed by atoms with van der Waals surface area (Å²) in [5, 5.41) is 15.0. The van der Waals surface area contributed by atoms with E-state index in [0.717, 1.165) is 4.90 Å². The summed E-state index contributed by atoms with van der Waals surface area (Å²) in [6.07, 6.45) is 2.67. The molecule has 3 aromatic heterocycles. The maximum absolute atomic E-state index is 14.1. The minimum absolute atomic E-state index is 0.130. The molecule has 28 heavy (non-hydrogen) atoms. The second-order valence-corrected chi connectivity index (χ2v) is 6.39. The maximum Gasteiger partial charge on any atom is 0.177 e. The van der Waals surface area contributed by atoms with Crippen molar-refractivity contribution in [2.75, 3.05) is 16.7 Å². The van der Waals surface area contributed by atoms with Gasteiger partial charge < -0.3 is 10.2 Å². The minimum atomic E-state index is -2.30. The molecule has 0 aliphatic carbocycles. The Labute approximate surface area is 166 Å². The molecule has 1 aliphatic heterocycles. The molecule has 8 heteroatoms. The van der Waals surface area contributed by atoms with Crippen molar-refractivity contribution < 1.29 is 9.87 Å². The third-order valence-corrected chi connectivity index (χ3v) is 4.43. The van der Waals surface area contributed by atoms with E-state index in [9.17, 15) is 4.39 Å². The van der Waals surface area contributed by atoms with Crippen LogP contribution >= 0.6 is 0 Å². The van der Waals surface area contributed by atoms with E-state index in [1.165, 1.54) is 29.2 Å². The number of benzene rings is 1. The molecule has 0 fully saturated rings. The van der Waals surface area contributed by atoms with Gasteiger partial charge in [-0.2, -0.15) is 4.52 Å². The number of pyridine rings is 1. The quantitative estimate of drug-likeness (QED) is 0.589. The van der Waals surface area contributed by atoms with Crippen molar-refractivity contribution in [1.82, 2.24) is 24.8 Å². The third kappa shape index (κ3) is 2.92. The number of rotatable bonds is 3. The van der Waals surface area contributed by atoms with Crippen LogP contribution in [0.5, 0.6) is 0 Å². The van der Waals surface area contributed by atoms with Gasteiger partial charge in [0.15, 0.2) is 11.5 Å². The SMILES string of the molecule is [2H]C1([2H])Cc2ncc(Nc3ccccc3F)cc2C([2H])([2H])N1c1nn2cnnc2cc1C. The Morgan fingerprint density at radius 1 is 1.25 bits per heavy atom. The van der Waals surface area contributed by atoms with Crippen LogP contribution in [0.1, 0.15) is 22.3 Å². The van der Waals surface area contributed by atoms with E-state index in [4.69, 9.17) is 5.48 Å². The van der Waals surface area contributed by atoms with Crippen molar-refractivity contribution in [2.24, 2.45) is 0 Å². The van der Waals surface area contributed by atoms with Gasteiger partial charge in [-0.1, -0.05) is 12.1 Å². The zero-order chi connectivity index (χ0) is 22.7. The summed E-state index contributed by atoms with van der Waals surface area (Å²) in [6, 6.07) is 9.35. The summed E-state index contributed by atoms with van der Waals surface area (Å²) in [4.78, 5) is 5.31. The first-order valence-electron chi connectivity index (χ1n) is 10.7. The molecule has 140 valence electrons. The first kappa shape index (κ1) is 12.8. The highest BCUT2D eigenvalue weighted by atomic mass is 19.1. The van der Waals surface area contributed by atoms with E-state index >= 15 is 0 Å². The van der Waals surface area contributed by atoms with Gasteiger partial charge in [0.2, 0.25) is 0 Å². The number of hydrogen-bond acceptors (Lipinski definition) is 6. The summed E-state index contributed by atoms with van der Waals surface area (Å²) in [6.45, 7) is -2.69. The molecule has 7 nitrogen and oxygen atoms in total. The van der Waals surface area contributed by atoms with Crippen molar-refractivity contribution in [3.8, 4) is 0 Å². The fraction of sp³-hybridized carbons (Fsp3) is 0.200. The molecule has 0 saturated carbocycles. The zero-order valence-electron chi connectivity index (χ0n) is 18.9. The molecule has 4 heterocycles. The lowest BCUT2D eigenvalue weighted by Gasteiger charge is -2.30. The van der Waals surface area contributed by atoms with Crippen LogP contribution in [-0.2, 0) is 12.9 Å². The molecule has 5 rings (SSSR count). The Morgan fingerprint density at radius 2 is 2.14 bits per heavy atom. The van der Waals surface area contributed by atoms with Gasteiger partial charge in [-0.3, -0.25) is 4.98 Å². The van der Waals surface area contributed by atoms with Crippen molar-refractivity contribution in [3.05, 3.63) is 71.6 Å². The molecule has 0 radical (unpaired) electrons. The number of halogens is 1. The minimum Gasteiger partial charge on any atom is -0.352 e. The fourth-order valence-electron chi connectivity index (χ4n) is 3.03. The van der Waals surface area contributed by atoms with Crippen LogP contribution in [0.2, 0.25) is 0 Å². The van der Waals surface area contributed by atoms with Gasteiger partial charge in [0, 0.05) is 27.8 Å². The number of aromatic nitrogens is 5. The second-order valence-electron chi connectivity index (χ2n) is 6.39. The fourth-order valence-corrected chi connectivity index (χ4v) is 3.03. The molecule has 0 atom stereocenters. The summed E-state index contributed by atoms with van der Waals surface area (Å²) in [5.41, 5.74) is 2.11. The molecule has 0 amide bonds. The third-order valence-electron chi connectivity index (χ3n) is 4.43. The number of para-hydroxylation sites is 1. The monoisotopic (exact) mass is 379 g/mol. The van der Waals surface area contributed by atoms with Crippen LogP contribution in [0, 0.1) is 12.7 Å². The average Bonchev–Trinajstić information content (AvgIpc) is 3.17. The Kier molecular flexibility index (Phi) is 2.99. The average molecular weight is 379 g/mol. The van der Waals surface area contributed by atoms with Gasteiger partial charge >= 0.3 is 0 Å². The number of anilines is 3. The van der Waals surface area contributed by atoms with E-state index in [0.29, 0.717) is 22.6 Å². The van der Waals surface area contributed by atoms with E-state index in [1.807, 2.05) is 0 Å². The van der Waals surface area contributed by atoms with Crippen molar-refractivity contribution in [3.63, 3.8) is 0 Å². The van der Waals surface area contributed by atoms with E-state index in [-0.39, 0.29) is 23.5 Å². The largest absolute Gasteiger partial charge is 0.352 e. The molecule has 0 unspecified atom stereocenters. The van der Waals surface area contributed by atoms with Crippen LogP contribution in [0.4, 0.5) is 21.6 Å². The summed E-state index contributed by atoms with van der Waals surface area (Å²) >= 11 is 0. The van der Waals surface area contributed by atoms with E-state index in [2.05, 4.69) is 25.6 Å². The Morgan fingerprint density at radius 3 is 3.04 bits per heavy atom. The molecule has 0 spiro atoms. The van der Waals surface area contributed by atoms with Gasteiger partial charge in [-0.25, -0.2) is 4.39 Å². The molecule has 1 aliphatic rings. The topological polar surface area (TPSA) is 71.2 Å². The molecule has 4 aromatic rings. The number of hydrogen-bond donors (Lipinski definition) is 1. The summed E-state index contributed by atoms with van der Waals surface area (Å²) in [5.74, 6) is -0.321. The number of nitrogens with one attached hydrogen (secondary N) is 1. The number of nitrogens with zero attached hydrogens (tertiary/aromatic N) is 6. The van der Waals surface area contributed by atoms with Crippen molar-refractivity contribution >= 4 is 22.8 Å². The molecule has 0 saturated heterocycles. The first-order valence-corrected chi connectivity index (χ1v) is 8.66. The van der Waals surface area contributed by atoms with Crippen molar-refractivity contribution in [1.29, 1.82) is 0 Å². The van der Waals surface area contributed by atoms with Crippen LogP contribution in [-0.4, -0.2) is 31.3 Å². The normalized spacial score (nSPS) is 19.3. The van der Waals surface area contributed by atoms with E-state index < -0.39 is 18.8 Å². The number of fused-ring (bicyclic) bond motifs is 2. The highest BCUT2D eigenvalue weighted by Gasteiger charge is 2.21. The van der Waals surface area contributed by atoms with E-state index in [1.54, 1.807) is 31.2 Å². The highest BCUT2D eigenvalue weighted by molar-refractivity contribution is 5.61. The van der Waals surface area contributed by atoms with Gasteiger partial charge in [0.25, 0.3) is 0 Å². The molecule has 1 aromatic carbocycles. The Balaban J connectivity index is 1.61. The number of aryl methyl sites for hydroxylation is 2. The lowest BCUT2D eigenvalue weighted by molar-refractivity contribution is 0.632. The predicted molar refractivity (Wildman–Crippen MR) is 104 cm³/mol. The van der Waals surface area contributed by atoms with Gasteiger partial charge in [-0.15, -0.1) is 15.3 Å². The standard InChI is InChI=1S/C20H18FN7/c1-13-8-19-25-23-12-28(19)26-20(13)27-7-6-17-14(11-27)9-15(10-22-17)24-18-5-3-2-4-16(18)21/h2-5,8-10,12,24H,6-7,11H2,1H3/i7D2,11D2.